The highest BCUT2D eigenvalue weighted by molar-refractivity contribution is 5.43. The van der Waals surface area contributed by atoms with Crippen molar-refractivity contribution in [2.45, 2.75) is 20.0 Å². The summed E-state index contributed by atoms with van der Waals surface area (Å²) in [6, 6.07) is 3.88. The largest absolute Gasteiger partial charge is 0.507 e. The number of nitrogens with two attached hydrogens (primary N) is 4. The first kappa shape index (κ1) is 16.8. The molecule has 0 amide bonds. The molecule has 0 atom stereocenters. The number of hydrogen-bond acceptors (Lipinski definition) is 7. The van der Waals surface area contributed by atoms with Crippen LogP contribution in [0.4, 0.5) is 0 Å². The molecule has 0 aliphatic rings. The molecule has 20 heavy (non-hydrogen) atoms. The molecule has 1 aromatic carbocycles. The van der Waals surface area contributed by atoms with Crippen LogP contribution in [0, 0.1) is 6.92 Å². The van der Waals surface area contributed by atoms with Gasteiger partial charge in [0, 0.05) is 45.3 Å². The molecule has 0 saturated carbocycles. The SMILES string of the molecule is Cc1cc(CN(CN)CN)cc(CN(CN)CN)c1O. The maximum Gasteiger partial charge on any atom is 0.122 e. The van der Waals surface area contributed by atoms with Crippen molar-refractivity contribution in [1.82, 2.24) is 9.80 Å². The van der Waals surface area contributed by atoms with E-state index in [-0.39, 0.29) is 5.75 Å². The van der Waals surface area contributed by atoms with Gasteiger partial charge in [0.1, 0.15) is 5.75 Å². The van der Waals surface area contributed by atoms with E-state index in [1.807, 2.05) is 28.9 Å². The molecule has 0 fully saturated rings. The Morgan fingerprint density at radius 3 is 1.90 bits per heavy atom. The molecule has 0 aliphatic heterocycles. The minimum atomic E-state index is 0.285. The van der Waals surface area contributed by atoms with E-state index in [2.05, 4.69) is 0 Å². The van der Waals surface area contributed by atoms with Crippen LogP contribution in [-0.4, -0.2) is 41.6 Å². The molecule has 0 saturated heterocycles. The molecular weight excluding hydrogens is 256 g/mol. The third-order valence-electron chi connectivity index (χ3n) is 3.27. The van der Waals surface area contributed by atoms with Gasteiger partial charge < -0.3 is 28.0 Å². The third kappa shape index (κ3) is 4.41. The van der Waals surface area contributed by atoms with Crippen molar-refractivity contribution < 1.29 is 5.11 Å². The zero-order valence-corrected chi connectivity index (χ0v) is 12.0. The fourth-order valence-corrected chi connectivity index (χ4v) is 2.05. The monoisotopic (exact) mass is 282 g/mol. The Bertz CT molecular complexity index is 418. The van der Waals surface area contributed by atoms with Gasteiger partial charge in [0.15, 0.2) is 0 Å². The number of rotatable bonds is 8. The summed E-state index contributed by atoms with van der Waals surface area (Å²) in [5.74, 6) is 0.285. The molecule has 0 aromatic heterocycles. The molecule has 1 aromatic rings. The van der Waals surface area contributed by atoms with E-state index in [1.54, 1.807) is 0 Å². The summed E-state index contributed by atoms with van der Waals surface area (Å²) in [7, 11) is 0. The van der Waals surface area contributed by atoms with E-state index >= 15 is 0 Å². The summed E-state index contributed by atoms with van der Waals surface area (Å²) in [4.78, 5) is 3.74. The van der Waals surface area contributed by atoms with Gasteiger partial charge in [0.05, 0.1) is 0 Å². The number of hydrogen-bond donors (Lipinski definition) is 5. The maximum absolute atomic E-state index is 10.1. The highest BCUT2D eigenvalue weighted by atomic mass is 16.3. The highest BCUT2D eigenvalue weighted by Crippen LogP contribution is 2.25. The Morgan fingerprint density at radius 1 is 0.900 bits per heavy atom. The maximum atomic E-state index is 10.1. The summed E-state index contributed by atoms with van der Waals surface area (Å²) in [5.41, 5.74) is 25.1. The minimum Gasteiger partial charge on any atom is -0.507 e. The van der Waals surface area contributed by atoms with Crippen molar-refractivity contribution in [3.63, 3.8) is 0 Å². The Kier molecular flexibility index (Phi) is 6.86. The fraction of sp³-hybridized carbons (Fsp3) is 0.538. The summed E-state index contributed by atoms with van der Waals surface area (Å²) >= 11 is 0. The fourth-order valence-electron chi connectivity index (χ4n) is 2.05. The molecule has 0 spiro atoms. The van der Waals surface area contributed by atoms with E-state index < -0.39 is 0 Å². The van der Waals surface area contributed by atoms with Crippen molar-refractivity contribution in [1.29, 1.82) is 0 Å². The van der Waals surface area contributed by atoms with Gasteiger partial charge >= 0.3 is 0 Å². The Hall–Kier alpha value is -1.22. The van der Waals surface area contributed by atoms with Gasteiger partial charge in [0.25, 0.3) is 0 Å². The molecule has 0 radical (unpaired) electrons. The smallest absolute Gasteiger partial charge is 0.122 e. The van der Waals surface area contributed by atoms with Gasteiger partial charge in [-0.2, -0.15) is 0 Å². The number of aryl methyl sites for hydroxylation is 1. The van der Waals surface area contributed by atoms with Crippen LogP contribution in [0.5, 0.6) is 5.75 Å². The molecule has 0 heterocycles. The lowest BCUT2D eigenvalue weighted by molar-refractivity contribution is 0.273. The van der Waals surface area contributed by atoms with Crippen molar-refractivity contribution in [3.8, 4) is 5.75 Å². The van der Waals surface area contributed by atoms with E-state index in [9.17, 15) is 5.11 Å². The Morgan fingerprint density at radius 2 is 1.40 bits per heavy atom. The average Bonchev–Trinajstić information content (AvgIpc) is 2.46. The number of nitrogens with zero attached hydrogens (tertiary/aromatic N) is 2. The number of phenolic OH excluding ortho intramolecular Hbond substituents is 1. The first-order valence-electron chi connectivity index (χ1n) is 6.62. The number of phenols is 1. The summed E-state index contributed by atoms with van der Waals surface area (Å²) in [6.45, 7) is 4.50. The predicted octanol–water partition coefficient (Wildman–Crippen LogP) is -1.03. The van der Waals surface area contributed by atoms with Crippen LogP contribution in [0.15, 0.2) is 12.1 Å². The zero-order chi connectivity index (χ0) is 15.1. The lowest BCUT2D eigenvalue weighted by Gasteiger charge is -2.22. The van der Waals surface area contributed by atoms with Gasteiger partial charge in [-0.1, -0.05) is 6.07 Å². The van der Waals surface area contributed by atoms with E-state index in [0.29, 0.717) is 39.8 Å². The molecule has 0 aliphatic carbocycles. The summed E-state index contributed by atoms with van der Waals surface area (Å²) in [5, 5.41) is 10.1. The van der Waals surface area contributed by atoms with Gasteiger partial charge in [-0.15, -0.1) is 0 Å². The van der Waals surface area contributed by atoms with E-state index in [1.165, 1.54) is 0 Å². The van der Waals surface area contributed by atoms with Gasteiger partial charge in [-0.3, -0.25) is 9.80 Å². The average molecular weight is 282 g/mol. The second-order valence-corrected chi connectivity index (χ2v) is 4.81. The van der Waals surface area contributed by atoms with E-state index in [4.69, 9.17) is 22.9 Å². The summed E-state index contributed by atoms with van der Waals surface area (Å²) < 4.78 is 0. The standard InChI is InChI=1S/C13H26N6O/c1-10-2-11(4-18(6-14)7-15)3-12(13(10)20)5-19(8-16)9-17/h2-3,20H,4-9,14-17H2,1H3. The number of benzene rings is 1. The van der Waals surface area contributed by atoms with Crippen LogP contribution in [0.2, 0.25) is 0 Å². The second kappa shape index (κ2) is 8.15. The van der Waals surface area contributed by atoms with Crippen LogP contribution in [0.3, 0.4) is 0 Å². The Labute approximate surface area is 120 Å². The quantitative estimate of drug-likeness (QED) is 0.385. The first-order chi connectivity index (χ1) is 9.55. The molecule has 1 rings (SSSR count). The van der Waals surface area contributed by atoms with Crippen molar-refractivity contribution in [3.05, 3.63) is 28.8 Å². The van der Waals surface area contributed by atoms with Crippen LogP contribution in [0.25, 0.3) is 0 Å². The molecule has 7 nitrogen and oxygen atoms in total. The highest BCUT2D eigenvalue weighted by Gasteiger charge is 2.11. The van der Waals surface area contributed by atoms with E-state index in [0.717, 1.165) is 16.7 Å². The van der Waals surface area contributed by atoms with Crippen LogP contribution in [-0.2, 0) is 13.1 Å². The molecule has 114 valence electrons. The molecule has 9 N–H and O–H groups in total. The predicted molar refractivity (Wildman–Crippen MR) is 80.1 cm³/mol. The normalized spacial score (nSPS) is 11.6. The number of aromatic hydroxyl groups is 1. The second-order valence-electron chi connectivity index (χ2n) is 4.81. The zero-order valence-electron chi connectivity index (χ0n) is 12.0. The van der Waals surface area contributed by atoms with Gasteiger partial charge in [-0.25, -0.2) is 0 Å². The Balaban J connectivity index is 2.96. The minimum absolute atomic E-state index is 0.285. The van der Waals surface area contributed by atoms with Gasteiger partial charge in [-0.05, 0) is 24.1 Å². The third-order valence-corrected chi connectivity index (χ3v) is 3.27. The molecule has 0 unspecified atom stereocenters. The summed E-state index contributed by atoms with van der Waals surface area (Å²) in [6.07, 6.45) is 0. The van der Waals surface area contributed by atoms with Crippen molar-refractivity contribution in [2.24, 2.45) is 22.9 Å². The van der Waals surface area contributed by atoms with Gasteiger partial charge in [0.2, 0.25) is 0 Å². The van der Waals surface area contributed by atoms with Crippen LogP contribution < -0.4 is 22.9 Å². The molecule has 0 bridgehead atoms. The van der Waals surface area contributed by atoms with Crippen LogP contribution in [0.1, 0.15) is 16.7 Å². The van der Waals surface area contributed by atoms with Crippen molar-refractivity contribution in [2.75, 3.05) is 26.7 Å². The lowest BCUT2D eigenvalue weighted by Crippen LogP contribution is -2.35. The first-order valence-corrected chi connectivity index (χ1v) is 6.62. The van der Waals surface area contributed by atoms with Crippen LogP contribution >= 0.6 is 0 Å². The molecule has 7 heteroatoms. The topological polar surface area (TPSA) is 131 Å². The van der Waals surface area contributed by atoms with Crippen molar-refractivity contribution >= 4 is 0 Å². The molecular formula is C13H26N6O. The lowest BCUT2D eigenvalue weighted by atomic mass is 10.0.